The summed E-state index contributed by atoms with van der Waals surface area (Å²) in [7, 11) is -5.99. The van der Waals surface area contributed by atoms with Crippen LogP contribution in [0, 0.1) is 0 Å². The highest BCUT2D eigenvalue weighted by molar-refractivity contribution is 8.00. The van der Waals surface area contributed by atoms with Gasteiger partial charge in [0.1, 0.15) is 0 Å². The van der Waals surface area contributed by atoms with Crippen molar-refractivity contribution >= 4 is 57.1 Å². The molecular formula is C9H21Cl3N3O3P3. The van der Waals surface area contributed by atoms with Crippen LogP contribution >= 0.6 is 57.1 Å². The molecule has 6 nitrogen and oxygen atoms in total. The summed E-state index contributed by atoms with van der Waals surface area (Å²) in [6.45, 7) is 11.4. The van der Waals surface area contributed by atoms with Gasteiger partial charge in [0, 0.05) is 0 Å². The van der Waals surface area contributed by atoms with Crippen LogP contribution in [0.1, 0.15) is 41.5 Å². The van der Waals surface area contributed by atoms with E-state index >= 15 is 0 Å². The van der Waals surface area contributed by atoms with Gasteiger partial charge in [-0.25, -0.2) is 0 Å². The molecule has 0 saturated carbocycles. The molecule has 2 atom stereocenters. The van der Waals surface area contributed by atoms with Gasteiger partial charge >= 0.3 is 7.66 Å². The zero-order valence-corrected chi connectivity index (χ0v) is 17.7. The molecule has 21 heavy (non-hydrogen) atoms. The predicted molar refractivity (Wildman–Crippen MR) is 93.1 cm³/mol. The van der Waals surface area contributed by atoms with E-state index in [0.717, 1.165) is 0 Å². The summed E-state index contributed by atoms with van der Waals surface area (Å²) in [6, 6.07) is 0. The van der Waals surface area contributed by atoms with E-state index in [4.69, 9.17) is 48.1 Å². The summed E-state index contributed by atoms with van der Waals surface area (Å²) < 4.78 is 19.2. The lowest BCUT2D eigenvalue weighted by atomic mass is 10.5. The Kier molecular flexibility index (Phi) is 8.66. The Morgan fingerprint density at radius 1 is 0.952 bits per heavy atom. The zero-order valence-electron chi connectivity index (χ0n) is 12.8. The Balaban J connectivity index is 3.31. The molecule has 0 N–H and O–H groups in total. The van der Waals surface area contributed by atoms with Crippen LogP contribution in [-0.4, -0.2) is 26.9 Å². The molecule has 1 aliphatic heterocycles. The van der Waals surface area contributed by atoms with Crippen molar-refractivity contribution in [2.24, 2.45) is 4.52 Å². The zero-order chi connectivity index (χ0) is 16.4. The van der Waals surface area contributed by atoms with Crippen molar-refractivity contribution in [1.29, 1.82) is 0 Å². The smallest absolute Gasteiger partial charge is 0.307 e. The van der Waals surface area contributed by atoms with Gasteiger partial charge < -0.3 is 9.05 Å². The summed E-state index contributed by atoms with van der Waals surface area (Å²) in [4.78, 5) is 5.80. The number of rotatable bonds is 6. The summed E-state index contributed by atoms with van der Waals surface area (Å²) in [5, 5.41) is 0. The van der Waals surface area contributed by atoms with E-state index < -0.39 is 22.8 Å². The lowest BCUT2D eigenvalue weighted by Gasteiger charge is -2.43. The summed E-state index contributed by atoms with van der Waals surface area (Å²) in [5.74, 6) is 0. The van der Waals surface area contributed by atoms with Gasteiger partial charge in [0.25, 0.3) is 0 Å². The van der Waals surface area contributed by atoms with E-state index in [1.807, 2.05) is 41.5 Å². The van der Waals surface area contributed by atoms with E-state index in [0.29, 0.717) is 0 Å². The SMILES string of the molecule is CC(C)ON1P(Cl)N(Cl)P(Cl)N=P1(OC(C)C)OC(C)C. The molecule has 0 radical (unpaired) electrons. The van der Waals surface area contributed by atoms with Crippen molar-refractivity contribution in [3.05, 3.63) is 0 Å². The van der Waals surface area contributed by atoms with E-state index in [1.165, 1.54) is 8.56 Å². The number of hydrogen-bond acceptors (Lipinski definition) is 6. The van der Waals surface area contributed by atoms with Gasteiger partial charge in [0.05, 0.1) is 18.3 Å². The van der Waals surface area contributed by atoms with E-state index in [9.17, 15) is 0 Å². The maximum Gasteiger partial charge on any atom is 0.326 e. The van der Waals surface area contributed by atoms with Crippen LogP contribution in [0.25, 0.3) is 0 Å². The van der Waals surface area contributed by atoms with E-state index in [-0.39, 0.29) is 18.3 Å². The van der Waals surface area contributed by atoms with Gasteiger partial charge in [0.2, 0.25) is 7.58 Å². The van der Waals surface area contributed by atoms with Crippen LogP contribution in [0.2, 0.25) is 0 Å². The van der Waals surface area contributed by atoms with Crippen molar-refractivity contribution in [3.63, 3.8) is 0 Å². The van der Waals surface area contributed by atoms with E-state index in [1.54, 1.807) is 0 Å². The quantitative estimate of drug-likeness (QED) is 0.350. The first-order valence-corrected chi connectivity index (χ1v) is 12.6. The van der Waals surface area contributed by atoms with Crippen molar-refractivity contribution in [2.75, 3.05) is 0 Å². The first-order chi connectivity index (χ1) is 9.59. The lowest BCUT2D eigenvalue weighted by Crippen LogP contribution is -2.28. The Hall–Kier alpha value is 1.76. The predicted octanol–water partition coefficient (Wildman–Crippen LogP) is 6.83. The molecule has 2 unspecified atom stereocenters. The second-order valence-corrected chi connectivity index (χ2v) is 12.9. The minimum Gasteiger partial charge on any atom is -0.307 e. The summed E-state index contributed by atoms with van der Waals surface area (Å²) >= 11 is 18.8. The molecular weight excluding hydrogens is 397 g/mol. The van der Waals surface area contributed by atoms with Crippen molar-refractivity contribution < 1.29 is 13.9 Å². The minimum absolute atomic E-state index is 0.124. The molecule has 0 fully saturated rings. The molecule has 0 spiro atoms. The fourth-order valence-electron chi connectivity index (χ4n) is 1.36. The van der Waals surface area contributed by atoms with Crippen LogP contribution in [0.4, 0.5) is 0 Å². The second-order valence-electron chi connectivity index (χ2n) is 5.02. The van der Waals surface area contributed by atoms with Crippen LogP contribution in [0.15, 0.2) is 4.52 Å². The highest BCUT2D eigenvalue weighted by Crippen LogP contribution is 2.82. The second kappa shape index (κ2) is 8.74. The maximum atomic E-state index is 6.42. The topological polar surface area (TPSA) is 46.5 Å². The van der Waals surface area contributed by atoms with Gasteiger partial charge in [-0.1, -0.05) is 15.8 Å². The van der Waals surface area contributed by atoms with Crippen molar-refractivity contribution in [2.45, 2.75) is 59.9 Å². The summed E-state index contributed by atoms with van der Waals surface area (Å²) in [6.07, 6.45) is -0.373. The lowest BCUT2D eigenvalue weighted by molar-refractivity contribution is -0.0770. The molecule has 0 aromatic carbocycles. The largest absolute Gasteiger partial charge is 0.326 e. The molecule has 1 heterocycles. The average Bonchev–Trinajstić information content (AvgIpc) is 2.30. The van der Waals surface area contributed by atoms with E-state index in [2.05, 4.69) is 4.52 Å². The van der Waals surface area contributed by atoms with Crippen LogP contribution < -0.4 is 0 Å². The number of nitrogens with zero attached hydrogens (tertiary/aromatic N) is 3. The third-order valence-corrected chi connectivity index (χ3v) is 12.6. The maximum absolute atomic E-state index is 6.42. The third kappa shape index (κ3) is 5.66. The molecule has 12 heteroatoms. The molecule has 0 aliphatic carbocycles. The highest BCUT2D eigenvalue weighted by atomic mass is 35.7. The minimum atomic E-state index is -2.91. The molecule has 1 aliphatic rings. The number of halogens is 3. The molecule has 0 amide bonds. The third-order valence-electron chi connectivity index (χ3n) is 1.82. The Morgan fingerprint density at radius 3 is 1.81 bits per heavy atom. The molecule has 0 aromatic heterocycles. The normalized spacial score (nSPS) is 27.6. The van der Waals surface area contributed by atoms with Crippen LogP contribution in [-0.2, 0) is 13.9 Å². The van der Waals surface area contributed by atoms with Gasteiger partial charge in [0.15, 0.2) is 7.58 Å². The average molecular weight is 419 g/mol. The fourth-order valence-corrected chi connectivity index (χ4v) is 11.5. The molecule has 0 bridgehead atoms. The van der Waals surface area contributed by atoms with Crippen LogP contribution in [0.3, 0.4) is 0 Å². The molecule has 0 saturated heterocycles. The van der Waals surface area contributed by atoms with Crippen LogP contribution in [0.5, 0.6) is 0 Å². The first kappa shape index (κ1) is 20.8. The number of hydrogen-bond donors (Lipinski definition) is 0. The Labute approximate surface area is 144 Å². The van der Waals surface area contributed by atoms with Gasteiger partial charge in [-0.2, -0.15) is 4.52 Å². The fraction of sp³-hybridized carbons (Fsp3) is 1.00. The monoisotopic (exact) mass is 417 g/mol. The Morgan fingerprint density at radius 2 is 1.43 bits per heavy atom. The summed E-state index contributed by atoms with van der Waals surface area (Å²) in [5.41, 5.74) is 0. The van der Waals surface area contributed by atoms with Gasteiger partial charge in [-0.3, -0.25) is 4.84 Å². The van der Waals surface area contributed by atoms with Crippen molar-refractivity contribution in [1.82, 2.24) is 8.56 Å². The molecule has 0 aromatic rings. The van der Waals surface area contributed by atoms with Gasteiger partial charge in [-0.15, -0.1) is 3.96 Å². The molecule has 126 valence electrons. The molecule has 1 rings (SSSR count). The Bertz CT molecular complexity index is 389. The highest BCUT2D eigenvalue weighted by Gasteiger charge is 2.49. The van der Waals surface area contributed by atoms with Gasteiger partial charge in [-0.05, 0) is 64.6 Å². The standard InChI is InChI=1S/C9H21Cl3N3O3P3/c1-7(2)16-15-20(12)14(10)19(11)13-21(15,17-8(3)4)18-9(5)6/h7-9H,1-6H3. The first-order valence-electron chi connectivity index (χ1n) is 6.43. The van der Waals surface area contributed by atoms with Crippen molar-refractivity contribution in [3.8, 4) is 0 Å².